The zero-order valence-corrected chi connectivity index (χ0v) is 17.4. The van der Waals surface area contributed by atoms with Crippen molar-refractivity contribution in [2.24, 2.45) is 0 Å². The normalized spacial score (nSPS) is 15.1. The Morgan fingerprint density at radius 1 is 1.17 bits per heavy atom. The maximum atomic E-state index is 13.0. The molecule has 1 N–H and O–H groups in total. The fourth-order valence-electron chi connectivity index (χ4n) is 3.73. The summed E-state index contributed by atoms with van der Waals surface area (Å²) in [6, 6.07) is 13.9. The van der Waals surface area contributed by atoms with E-state index in [4.69, 9.17) is 4.74 Å². The number of hydrogen-bond donors (Lipinski definition) is 1. The second kappa shape index (κ2) is 9.09. The third kappa shape index (κ3) is 4.21. The number of morpholine rings is 1. The largest absolute Gasteiger partial charge is 0.378 e. The summed E-state index contributed by atoms with van der Waals surface area (Å²) < 4.78 is 7.15. The summed E-state index contributed by atoms with van der Waals surface area (Å²) in [6.45, 7) is 7.36. The van der Waals surface area contributed by atoms with Crippen molar-refractivity contribution in [1.82, 2.24) is 20.1 Å². The van der Waals surface area contributed by atoms with Gasteiger partial charge in [0.25, 0.3) is 5.91 Å². The number of carbonyl (C=O) groups is 1. The summed E-state index contributed by atoms with van der Waals surface area (Å²) in [4.78, 5) is 19.6. The van der Waals surface area contributed by atoms with E-state index in [-0.39, 0.29) is 11.9 Å². The van der Waals surface area contributed by atoms with Crippen molar-refractivity contribution in [3.05, 3.63) is 71.7 Å². The second-order valence-electron chi connectivity index (χ2n) is 7.34. The Morgan fingerprint density at radius 3 is 2.60 bits per heavy atom. The Morgan fingerprint density at radius 2 is 1.93 bits per heavy atom. The van der Waals surface area contributed by atoms with Crippen molar-refractivity contribution in [3.63, 3.8) is 0 Å². The molecule has 0 spiro atoms. The van der Waals surface area contributed by atoms with Gasteiger partial charge in [0.05, 0.1) is 36.7 Å². The van der Waals surface area contributed by atoms with Gasteiger partial charge in [-0.05, 0) is 43.2 Å². The predicted molar refractivity (Wildman–Crippen MR) is 116 cm³/mol. The van der Waals surface area contributed by atoms with E-state index >= 15 is 0 Å². The van der Waals surface area contributed by atoms with E-state index in [1.807, 2.05) is 32.0 Å². The van der Waals surface area contributed by atoms with Crippen LogP contribution in [0.3, 0.4) is 0 Å². The minimum absolute atomic E-state index is 0.112. The van der Waals surface area contributed by atoms with Gasteiger partial charge in [0.2, 0.25) is 0 Å². The molecule has 1 atom stereocenters. The number of nitrogens with zero attached hydrogens (tertiary/aromatic N) is 4. The van der Waals surface area contributed by atoms with E-state index in [0.717, 1.165) is 37.6 Å². The number of nitrogens with one attached hydrogen (secondary N) is 1. The number of amides is 1. The van der Waals surface area contributed by atoms with E-state index in [2.05, 4.69) is 44.6 Å². The smallest absolute Gasteiger partial charge is 0.255 e. The minimum Gasteiger partial charge on any atom is -0.378 e. The Bertz CT molecular complexity index is 979. The van der Waals surface area contributed by atoms with Crippen LogP contribution in [0.15, 0.2) is 54.9 Å². The Balaban J connectivity index is 1.46. The Kier molecular flexibility index (Phi) is 6.09. The lowest BCUT2D eigenvalue weighted by Crippen LogP contribution is -2.36. The summed E-state index contributed by atoms with van der Waals surface area (Å²) in [5, 5.41) is 7.50. The van der Waals surface area contributed by atoms with Gasteiger partial charge in [-0.1, -0.05) is 25.1 Å². The van der Waals surface area contributed by atoms with Crippen LogP contribution in [0.25, 0.3) is 5.82 Å². The maximum Gasteiger partial charge on any atom is 0.255 e. The van der Waals surface area contributed by atoms with Crippen LogP contribution in [0.5, 0.6) is 0 Å². The highest BCUT2D eigenvalue weighted by molar-refractivity contribution is 5.95. The molecule has 2 aromatic heterocycles. The minimum atomic E-state index is -0.126. The van der Waals surface area contributed by atoms with Gasteiger partial charge in [-0.15, -0.1) is 0 Å². The molecule has 1 aliphatic rings. The summed E-state index contributed by atoms with van der Waals surface area (Å²) in [7, 11) is 0. The number of benzene rings is 1. The molecule has 1 saturated heterocycles. The van der Waals surface area contributed by atoms with Crippen molar-refractivity contribution in [1.29, 1.82) is 0 Å². The lowest BCUT2D eigenvalue weighted by atomic mass is 10.1. The second-order valence-corrected chi connectivity index (χ2v) is 7.34. The van der Waals surface area contributed by atoms with Crippen LogP contribution < -0.4 is 10.2 Å². The molecule has 7 nitrogen and oxygen atoms in total. The van der Waals surface area contributed by atoms with Crippen molar-refractivity contribution in [2.75, 3.05) is 31.2 Å². The summed E-state index contributed by atoms with van der Waals surface area (Å²) in [5.41, 5.74) is 3.68. The lowest BCUT2D eigenvalue weighted by Gasteiger charge is -2.29. The van der Waals surface area contributed by atoms with Gasteiger partial charge in [0.15, 0.2) is 5.82 Å². The fraction of sp³-hybridized carbons (Fsp3) is 0.348. The number of rotatable bonds is 6. The quantitative estimate of drug-likeness (QED) is 0.682. The number of carbonyl (C=O) groups excluding carboxylic acids is 1. The number of ether oxygens (including phenoxy) is 1. The van der Waals surface area contributed by atoms with E-state index in [0.29, 0.717) is 17.8 Å². The first kappa shape index (κ1) is 20.1. The molecular weight excluding hydrogens is 378 g/mol. The molecule has 0 aliphatic carbocycles. The van der Waals surface area contributed by atoms with Crippen LogP contribution >= 0.6 is 0 Å². The number of pyridine rings is 1. The van der Waals surface area contributed by atoms with Crippen LogP contribution in [-0.2, 0) is 11.2 Å². The number of anilines is 1. The van der Waals surface area contributed by atoms with Gasteiger partial charge < -0.3 is 15.0 Å². The van der Waals surface area contributed by atoms with Crippen LogP contribution in [0, 0.1) is 0 Å². The van der Waals surface area contributed by atoms with Crippen molar-refractivity contribution >= 4 is 11.6 Å². The van der Waals surface area contributed by atoms with Gasteiger partial charge in [0.1, 0.15) is 0 Å². The molecule has 1 aromatic carbocycles. The molecule has 7 heteroatoms. The molecule has 0 bridgehead atoms. The first-order valence-electron chi connectivity index (χ1n) is 10.4. The highest BCUT2D eigenvalue weighted by Crippen LogP contribution is 2.21. The molecule has 3 aromatic rings. The summed E-state index contributed by atoms with van der Waals surface area (Å²) >= 11 is 0. The first-order valence-corrected chi connectivity index (χ1v) is 10.4. The third-order valence-corrected chi connectivity index (χ3v) is 5.43. The van der Waals surface area contributed by atoms with Crippen LogP contribution in [0.1, 0.15) is 41.5 Å². The first-order chi connectivity index (χ1) is 14.7. The van der Waals surface area contributed by atoms with Crippen molar-refractivity contribution in [3.8, 4) is 5.82 Å². The molecule has 4 rings (SSSR count). The SMILES string of the molecule is CCc1c(C(=O)NC(C)c2ccc(N3CCOCC3)cc2)cnn1-c1ccccn1. The lowest BCUT2D eigenvalue weighted by molar-refractivity contribution is 0.0939. The standard InChI is InChI=1S/C23H27N5O2/c1-3-21-20(16-25-28(21)22-6-4-5-11-24-22)23(29)26-17(2)18-7-9-19(10-8-18)27-12-14-30-15-13-27/h4-11,16-17H,3,12-15H2,1-2H3,(H,26,29). The molecule has 1 fully saturated rings. The average Bonchev–Trinajstić information content (AvgIpc) is 3.24. The van der Waals surface area contributed by atoms with E-state index in [1.165, 1.54) is 5.69 Å². The monoisotopic (exact) mass is 405 g/mol. The van der Waals surface area contributed by atoms with Gasteiger partial charge in [0, 0.05) is 25.0 Å². The summed E-state index contributed by atoms with van der Waals surface area (Å²) in [6.07, 6.45) is 4.03. The van der Waals surface area contributed by atoms with Gasteiger partial charge in [-0.25, -0.2) is 9.67 Å². The van der Waals surface area contributed by atoms with Crippen molar-refractivity contribution < 1.29 is 9.53 Å². The maximum absolute atomic E-state index is 13.0. The molecule has 0 saturated carbocycles. The highest BCUT2D eigenvalue weighted by atomic mass is 16.5. The van der Waals surface area contributed by atoms with E-state index in [1.54, 1.807) is 17.1 Å². The van der Waals surface area contributed by atoms with Crippen LogP contribution in [0.2, 0.25) is 0 Å². The Labute approximate surface area is 176 Å². The van der Waals surface area contributed by atoms with Crippen LogP contribution in [-0.4, -0.2) is 47.0 Å². The molecule has 1 amide bonds. The predicted octanol–water partition coefficient (Wildman–Crippen LogP) is 3.16. The van der Waals surface area contributed by atoms with Gasteiger partial charge in [-0.2, -0.15) is 5.10 Å². The molecule has 1 aliphatic heterocycles. The van der Waals surface area contributed by atoms with E-state index < -0.39 is 0 Å². The van der Waals surface area contributed by atoms with Gasteiger partial charge in [-0.3, -0.25) is 4.79 Å². The van der Waals surface area contributed by atoms with Crippen molar-refractivity contribution in [2.45, 2.75) is 26.3 Å². The molecule has 3 heterocycles. The summed E-state index contributed by atoms with van der Waals surface area (Å²) in [5.74, 6) is 0.582. The molecule has 1 unspecified atom stereocenters. The zero-order valence-electron chi connectivity index (χ0n) is 17.4. The fourth-order valence-corrected chi connectivity index (χ4v) is 3.73. The molecule has 156 valence electrons. The average molecular weight is 406 g/mol. The number of aromatic nitrogens is 3. The van der Waals surface area contributed by atoms with Gasteiger partial charge >= 0.3 is 0 Å². The molecule has 0 radical (unpaired) electrons. The topological polar surface area (TPSA) is 72.3 Å². The third-order valence-electron chi connectivity index (χ3n) is 5.43. The van der Waals surface area contributed by atoms with Crippen LogP contribution in [0.4, 0.5) is 5.69 Å². The molecular formula is C23H27N5O2. The molecule has 30 heavy (non-hydrogen) atoms. The zero-order chi connectivity index (χ0) is 20.9. The number of hydrogen-bond acceptors (Lipinski definition) is 5. The highest BCUT2D eigenvalue weighted by Gasteiger charge is 2.20. The Hall–Kier alpha value is -3.19. The van der Waals surface area contributed by atoms with E-state index in [9.17, 15) is 4.79 Å².